The van der Waals surface area contributed by atoms with Crippen molar-refractivity contribution in [2.24, 2.45) is 0 Å². The van der Waals surface area contributed by atoms with E-state index in [1.54, 1.807) is 14.2 Å². The zero-order valence-corrected chi connectivity index (χ0v) is 19.1. The largest absolute Gasteiger partial charge is 0.497 e. The maximum absolute atomic E-state index is 5.53. The van der Waals surface area contributed by atoms with Crippen LogP contribution < -0.4 is 9.47 Å². The minimum Gasteiger partial charge on any atom is -0.497 e. The van der Waals surface area contributed by atoms with Crippen molar-refractivity contribution < 1.29 is 14.2 Å². The van der Waals surface area contributed by atoms with Gasteiger partial charge in [0, 0.05) is 71.7 Å². The van der Waals surface area contributed by atoms with E-state index in [0.717, 1.165) is 78.4 Å². The van der Waals surface area contributed by atoms with Crippen molar-refractivity contribution in [1.29, 1.82) is 0 Å². The molecule has 0 atom stereocenters. The Bertz CT molecular complexity index is 1230. The van der Waals surface area contributed by atoms with Crippen LogP contribution in [-0.2, 0) is 11.2 Å². The van der Waals surface area contributed by atoms with Gasteiger partial charge in [0.1, 0.15) is 11.5 Å². The molecule has 33 heavy (non-hydrogen) atoms. The van der Waals surface area contributed by atoms with E-state index in [0.29, 0.717) is 0 Å². The van der Waals surface area contributed by atoms with Crippen LogP contribution in [0.1, 0.15) is 5.69 Å². The van der Waals surface area contributed by atoms with Gasteiger partial charge in [0.15, 0.2) is 0 Å². The van der Waals surface area contributed by atoms with Crippen LogP contribution in [0.4, 0.5) is 0 Å². The molecule has 0 saturated carbocycles. The molecule has 0 bridgehead atoms. The van der Waals surface area contributed by atoms with Crippen LogP contribution >= 0.6 is 0 Å². The summed E-state index contributed by atoms with van der Waals surface area (Å²) in [5, 5.41) is 1.15. The van der Waals surface area contributed by atoms with Crippen molar-refractivity contribution >= 4 is 10.9 Å². The zero-order chi connectivity index (χ0) is 22.6. The highest BCUT2D eigenvalue weighted by molar-refractivity contribution is 5.98. The van der Waals surface area contributed by atoms with Crippen molar-refractivity contribution in [3.05, 3.63) is 66.6 Å². The van der Waals surface area contributed by atoms with Gasteiger partial charge in [-0.05, 0) is 42.0 Å². The van der Waals surface area contributed by atoms with Crippen LogP contribution in [0.15, 0.2) is 60.9 Å². The van der Waals surface area contributed by atoms with Gasteiger partial charge < -0.3 is 19.2 Å². The molecule has 0 unspecified atom stereocenters. The van der Waals surface area contributed by atoms with E-state index in [1.807, 2.05) is 30.6 Å². The van der Waals surface area contributed by atoms with Crippen LogP contribution in [-0.4, -0.2) is 61.9 Å². The fourth-order valence-corrected chi connectivity index (χ4v) is 4.48. The van der Waals surface area contributed by atoms with Crippen LogP contribution in [0.2, 0.25) is 0 Å². The number of nitrogens with one attached hydrogen (secondary N) is 1. The minimum atomic E-state index is 0.810. The Kier molecular flexibility index (Phi) is 6.28. The van der Waals surface area contributed by atoms with E-state index in [9.17, 15) is 0 Å². The number of morpholine rings is 1. The summed E-state index contributed by atoms with van der Waals surface area (Å²) in [5.74, 6) is 1.69. The van der Waals surface area contributed by atoms with Gasteiger partial charge in [-0.2, -0.15) is 0 Å². The van der Waals surface area contributed by atoms with Crippen molar-refractivity contribution in [2.75, 3.05) is 47.1 Å². The number of pyridine rings is 1. The lowest BCUT2D eigenvalue weighted by Crippen LogP contribution is -2.37. The Morgan fingerprint density at radius 2 is 1.61 bits per heavy atom. The fourth-order valence-electron chi connectivity index (χ4n) is 4.48. The van der Waals surface area contributed by atoms with Gasteiger partial charge in [-0.15, -0.1) is 0 Å². The first-order valence-corrected chi connectivity index (χ1v) is 11.3. The Balaban J connectivity index is 1.54. The van der Waals surface area contributed by atoms with E-state index < -0.39 is 0 Å². The molecule has 5 rings (SSSR count). The molecule has 6 nitrogen and oxygen atoms in total. The smallest absolute Gasteiger partial charge is 0.119 e. The molecular weight excluding hydrogens is 414 g/mol. The molecule has 1 aliphatic rings. The predicted molar refractivity (Wildman–Crippen MR) is 131 cm³/mol. The topological polar surface area (TPSA) is 59.6 Å². The first-order valence-electron chi connectivity index (χ1n) is 11.3. The highest BCUT2D eigenvalue weighted by Gasteiger charge is 2.17. The average Bonchev–Trinajstić information content (AvgIpc) is 3.25. The van der Waals surface area contributed by atoms with Gasteiger partial charge in [0.2, 0.25) is 0 Å². The number of rotatable bonds is 7. The minimum absolute atomic E-state index is 0.810. The van der Waals surface area contributed by atoms with Crippen LogP contribution in [0, 0.1) is 0 Å². The molecule has 1 aliphatic heterocycles. The van der Waals surface area contributed by atoms with Crippen LogP contribution in [0.3, 0.4) is 0 Å². The van der Waals surface area contributed by atoms with Crippen molar-refractivity contribution in [3.63, 3.8) is 0 Å². The SMILES string of the molecule is COc1ccc(-c2cncc(-c3c(CCN4CCOCC4)[nH]c4ccc(OC)cc34)c2)cc1. The Morgan fingerprint density at radius 1 is 0.879 bits per heavy atom. The fraction of sp³-hybridized carbons (Fsp3) is 0.296. The number of methoxy groups -OCH3 is 2. The summed E-state index contributed by atoms with van der Waals surface area (Å²) in [4.78, 5) is 10.7. The van der Waals surface area contributed by atoms with E-state index in [1.165, 1.54) is 11.3 Å². The summed E-state index contributed by atoms with van der Waals surface area (Å²) in [6, 6.07) is 16.5. The number of aromatic amines is 1. The number of hydrogen-bond acceptors (Lipinski definition) is 5. The van der Waals surface area contributed by atoms with Gasteiger partial charge in [0.25, 0.3) is 0 Å². The molecule has 1 fully saturated rings. The number of aromatic nitrogens is 2. The third kappa shape index (κ3) is 4.58. The van der Waals surface area contributed by atoms with Crippen molar-refractivity contribution in [3.8, 4) is 33.8 Å². The quantitative estimate of drug-likeness (QED) is 0.445. The second-order valence-electron chi connectivity index (χ2n) is 8.28. The second kappa shape index (κ2) is 9.65. The Labute approximate surface area is 194 Å². The summed E-state index contributed by atoms with van der Waals surface area (Å²) >= 11 is 0. The predicted octanol–water partition coefficient (Wildman–Crippen LogP) is 4.79. The number of nitrogens with zero attached hydrogens (tertiary/aromatic N) is 2. The maximum atomic E-state index is 5.53. The second-order valence-corrected chi connectivity index (χ2v) is 8.28. The lowest BCUT2D eigenvalue weighted by molar-refractivity contribution is 0.0384. The molecule has 2 aromatic carbocycles. The van der Waals surface area contributed by atoms with E-state index in [4.69, 9.17) is 14.2 Å². The van der Waals surface area contributed by atoms with Crippen molar-refractivity contribution in [1.82, 2.24) is 14.9 Å². The summed E-state index contributed by atoms with van der Waals surface area (Å²) in [7, 11) is 3.39. The number of ether oxygens (including phenoxy) is 3. The van der Waals surface area contributed by atoms with E-state index >= 15 is 0 Å². The summed E-state index contributed by atoms with van der Waals surface area (Å²) in [6.45, 7) is 4.58. The summed E-state index contributed by atoms with van der Waals surface area (Å²) < 4.78 is 16.3. The molecule has 3 heterocycles. The molecule has 0 aliphatic carbocycles. The first kappa shape index (κ1) is 21.5. The van der Waals surface area contributed by atoms with Crippen LogP contribution in [0.25, 0.3) is 33.2 Å². The number of benzene rings is 2. The monoisotopic (exact) mass is 443 g/mol. The van der Waals surface area contributed by atoms with E-state index in [2.05, 4.69) is 45.2 Å². The molecule has 1 N–H and O–H groups in total. The summed E-state index contributed by atoms with van der Waals surface area (Å²) in [6.07, 6.45) is 4.79. The molecule has 2 aromatic heterocycles. The molecule has 170 valence electrons. The Morgan fingerprint density at radius 3 is 2.36 bits per heavy atom. The molecule has 0 spiro atoms. The number of hydrogen-bond donors (Lipinski definition) is 1. The van der Waals surface area contributed by atoms with Gasteiger partial charge in [0.05, 0.1) is 27.4 Å². The van der Waals surface area contributed by atoms with E-state index in [-0.39, 0.29) is 0 Å². The molecule has 1 saturated heterocycles. The van der Waals surface area contributed by atoms with Crippen molar-refractivity contribution in [2.45, 2.75) is 6.42 Å². The maximum Gasteiger partial charge on any atom is 0.119 e. The molecule has 6 heteroatoms. The standard InChI is InChI=1S/C27H29N3O3/c1-31-22-5-3-19(4-6-22)20-15-21(18-28-17-20)27-24-16-23(32-2)7-8-25(24)29-26(27)9-10-30-11-13-33-14-12-30/h3-8,15-18,29H,9-14H2,1-2H3. The zero-order valence-electron chi connectivity index (χ0n) is 19.1. The van der Waals surface area contributed by atoms with Gasteiger partial charge in [-0.25, -0.2) is 0 Å². The lowest BCUT2D eigenvalue weighted by Gasteiger charge is -2.26. The number of fused-ring (bicyclic) bond motifs is 1. The molecule has 0 amide bonds. The Hall–Kier alpha value is -3.35. The first-order chi connectivity index (χ1) is 16.2. The van der Waals surface area contributed by atoms with Crippen LogP contribution in [0.5, 0.6) is 11.5 Å². The molecule has 0 radical (unpaired) electrons. The van der Waals surface area contributed by atoms with Gasteiger partial charge >= 0.3 is 0 Å². The highest BCUT2D eigenvalue weighted by Crippen LogP contribution is 2.36. The third-order valence-electron chi connectivity index (χ3n) is 6.32. The third-order valence-corrected chi connectivity index (χ3v) is 6.32. The van der Waals surface area contributed by atoms with Gasteiger partial charge in [-0.1, -0.05) is 12.1 Å². The molecule has 4 aromatic rings. The normalized spacial score (nSPS) is 14.5. The summed E-state index contributed by atoms with van der Waals surface area (Å²) in [5.41, 5.74) is 6.81. The van der Waals surface area contributed by atoms with Gasteiger partial charge in [-0.3, -0.25) is 9.88 Å². The number of H-pyrrole nitrogens is 1. The average molecular weight is 444 g/mol. The highest BCUT2D eigenvalue weighted by atomic mass is 16.5. The lowest BCUT2D eigenvalue weighted by atomic mass is 9.98. The molecular formula is C27H29N3O3.